The Morgan fingerprint density at radius 2 is 1.38 bits per heavy atom. The van der Waals surface area contributed by atoms with E-state index < -0.39 is 0 Å². The van der Waals surface area contributed by atoms with Crippen LogP contribution in [-0.2, 0) is 0 Å². The van der Waals surface area contributed by atoms with Gasteiger partial charge in [-0.3, -0.25) is 0 Å². The SMILES string of the molecule is OCCCC(c1ccccc1)C(Nc1ccccc1)c1ccc(Br)cc1. The molecule has 0 radical (unpaired) electrons. The fourth-order valence-corrected chi connectivity index (χ4v) is 3.60. The minimum absolute atomic E-state index is 0.124. The zero-order chi connectivity index (χ0) is 18.2. The van der Waals surface area contributed by atoms with Crippen molar-refractivity contribution in [3.05, 3.63) is 101 Å². The Balaban J connectivity index is 1.99. The van der Waals surface area contributed by atoms with E-state index in [1.807, 2.05) is 24.3 Å². The lowest BCUT2D eigenvalue weighted by Gasteiger charge is -2.30. The summed E-state index contributed by atoms with van der Waals surface area (Å²) in [7, 11) is 0. The molecule has 2 nitrogen and oxygen atoms in total. The lowest BCUT2D eigenvalue weighted by Crippen LogP contribution is -2.20. The average Bonchev–Trinajstić information content (AvgIpc) is 2.70. The predicted molar refractivity (Wildman–Crippen MR) is 112 cm³/mol. The number of para-hydroxylation sites is 1. The lowest BCUT2D eigenvalue weighted by atomic mass is 9.83. The molecule has 0 aliphatic carbocycles. The fourth-order valence-electron chi connectivity index (χ4n) is 3.34. The van der Waals surface area contributed by atoms with Crippen LogP contribution < -0.4 is 5.32 Å². The zero-order valence-electron chi connectivity index (χ0n) is 14.7. The molecule has 2 atom stereocenters. The summed E-state index contributed by atoms with van der Waals surface area (Å²) in [5.74, 6) is 0.268. The highest BCUT2D eigenvalue weighted by Crippen LogP contribution is 2.37. The highest BCUT2D eigenvalue weighted by molar-refractivity contribution is 9.10. The van der Waals surface area contributed by atoms with Gasteiger partial charge in [-0.2, -0.15) is 0 Å². The molecule has 0 fully saturated rings. The minimum atomic E-state index is 0.124. The number of hydrogen-bond acceptors (Lipinski definition) is 2. The van der Waals surface area contributed by atoms with Crippen LogP contribution in [0.4, 0.5) is 5.69 Å². The van der Waals surface area contributed by atoms with E-state index in [-0.39, 0.29) is 18.6 Å². The molecule has 26 heavy (non-hydrogen) atoms. The number of aliphatic hydroxyl groups is 1. The highest BCUT2D eigenvalue weighted by Gasteiger charge is 2.24. The van der Waals surface area contributed by atoms with Gasteiger partial charge in [0.25, 0.3) is 0 Å². The maximum absolute atomic E-state index is 9.41. The van der Waals surface area contributed by atoms with Crippen molar-refractivity contribution in [1.82, 2.24) is 0 Å². The second kappa shape index (κ2) is 9.56. The molecule has 2 N–H and O–H groups in total. The third kappa shape index (κ3) is 4.96. The molecule has 0 spiro atoms. The fraction of sp³-hybridized carbons (Fsp3) is 0.217. The Bertz CT molecular complexity index is 774. The number of hydrogen-bond donors (Lipinski definition) is 2. The van der Waals surface area contributed by atoms with Crippen LogP contribution in [0.5, 0.6) is 0 Å². The first-order valence-corrected chi connectivity index (χ1v) is 9.80. The highest BCUT2D eigenvalue weighted by atomic mass is 79.9. The van der Waals surface area contributed by atoms with Crippen LogP contribution in [0.15, 0.2) is 89.4 Å². The van der Waals surface area contributed by atoms with Crippen LogP contribution in [-0.4, -0.2) is 11.7 Å². The predicted octanol–water partition coefficient (Wildman–Crippen LogP) is 6.16. The molecule has 0 aromatic heterocycles. The standard InChI is InChI=1S/C23H24BrNO/c24-20-15-13-19(14-16-20)23(25-21-10-5-2-6-11-21)22(12-7-17-26)18-8-3-1-4-9-18/h1-6,8-11,13-16,22-23,25-26H,7,12,17H2. The van der Waals surface area contributed by atoms with Crippen LogP contribution >= 0.6 is 15.9 Å². The van der Waals surface area contributed by atoms with Crippen LogP contribution in [0.2, 0.25) is 0 Å². The van der Waals surface area contributed by atoms with Gasteiger partial charge in [-0.1, -0.05) is 76.6 Å². The Labute approximate surface area is 164 Å². The summed E-state index contributed by atoms with van der Waals surface area (Å²) in [6.07, 6.45) is 1.70. The van der Waals surface area contributed by atoms with E-state index >= 15 is 0 Å². The summed E-state index contributed by atoms with van der Waals surface area (Å²) in [6, 6.07) is 29.5. The summed E-state index contributed by atoms with van der Waals surface area (Å²) < 4.78 is 1.08. The molecule has 0 amide bonds. The molecule has 0 saturated carbocycles. The van der Waals surface area contributed by atoms with Crippen molar-refractivity contribution >= 4 is 21.6 Å². The molecule has 0 aliphatic rings. The van der Waals surface area contributed by atoms with Gasteiger partial charge in [0.15, 0.2) is 0 Å². The average molecular weight is 410 g/mol. The van der Waals surface area contributed by atoms with E-state index in [0.717, 1.165) is 23.0 Å². The van der Waals surface area contributed by atoms with E-state index in [1.165, 1.54) is 11.1 Å². The van der Waals surface area contributed by atoms with Gasteiger partial charge in [0.2, 0.25) is 0 Å². The number of halogens is 1. The largest absolute Gasteiger partial charge is 0.396 e. The van der Waals surface area contributed by atoms with Crippen molar-refractivity contribution in [3.63, 3.8) is 0 Å². The van der Waals surface area contributed by atoms with Gasteiger partial charge < -0.3 is 10.4 Å². The Hall–Kier alpha value is -2.10. The van der Waals surface area contributed by atoms with Crippen molar-refractivity contribution in [1.29, 1.82) is 0 Å². The topological polar surface area (TPSA) is 32.3 Å². The van der Waals surface area contributed by atoms with Gasteiger partial charge in [-0.05, 0) is 48.2 Å². The third-order valence-corrected chi connectivity index (χ3v) is 5.16. The van der Waals surface area contributed by atoms with Crippen molar-refractivity contribution in [2.75, 3.05) is 11.9 Å². The van der Waals surface area contributed by atoms with E-state index in [2.05, 4.69) is 81.9 Å². The van der Waals surface area contributed by atoms with E-state index in [4.69, 9.17) is 0 Å². The van der Waals surface area contributed by atoms with Gasteiger partial charge in [-0.25, -0.2) is 0 Å². The molecule has 2 unspecified atom stereocenters. The molecule has 3 aromatic carbocycles. The molecule has 3 heteroatoms. The maximum Gasteiger partial charge on any atom is 0.0582 e. The normalized spacial score (nSPS) is 13.2. The summed E-state index contributed by atoms with van der Waals surface area (Å²) in [5.41, 5.74) is 3.63. The van der Waals surface area contributed by atoms with Gasteiger partial charge >= 0.3 is 0 Å². The van der Waals surface area contributed by atoms with Crippen LogP contribution in [0.1, 0.15) is 35.9 Å². The molecule has 0 bridgehead atoms. The van der Waals surface area contributed by atoms with Gasteiger partial charge in [0, 0.05) is 22.7 Å². The van der Waals surface area contributed by atoms with Crippen LogP contribution in [0, 0.1) is 0 Å². The number of benzene rings is 3. The second-order valence-corrected chi connectivity index (χ2v) is 7.34. The third-order valence-electron chi connectivity index (χ3n) is 4.63. The van der Waals surface area contributed by atoms with Gasteiger partial charge in [-0.15, -0.1) is 0 Å². The number of nitrogens with one attached hydrogen (secondary N) is 1. The van der Waals surface area contributed by atoms with Gasteiger partial charge in [0.1, 0.15) is 0 Å². The molecular formula is C23H24BrNO. The first-order chi connectivity index (χ1) is 12.8. The summed E-state index contributed by atoms with van der Waals surface area (Å²) in [4.78, 5) is 0. The first kappa shape index (κ1) is 18.7. The summed E-state index contributed by atoms with van der Waals surface area (Å²) >= 11 is 3.53. The Kier molecular flexibility index (Phi) is 6.87. The van der Waals surface area contributed by atoms with E-state index in [1.54, 1.807) is 0 Å². The number of rotatable bonds is 8. The van der Waals surface area contributed by atoms with Crippen LogP contribution in [0.25, 0.3) is 0 Å². The monoisotopic (exact) mass is 409 g/mol. The smallest absolute Gasteiger partial charge is 0.0582 e. The molecule has 0 heterocycles. The Morgan fingerprint density at radius 1 is 0.769 bits per heavy atom. The Morgan fingerprint density at radius 3 is 2.00 bits per heavy atom. The molecule has 3 rings (SSSR count). The lowest BCUT2D eigenvalue weighted by molar-refractivity contribution is 0.277. The molecule has 0 saturated heterocycles. The molecule has 0 aliphatic heterocycles. The number of anilines is 1. The summed E-state index contributed by atoms with van der Waals surface area (Å²) in [5, 5.41) is 13.1. The van der Waals surface area contributed by atoms with Gasteiger partial charge in [0.05, 0.1) is 6.04 Å². The number of aliphatic hydroxyl groups excluding tert-OH is 1. The second-order valence-electron chi connectivity index (χ2n) is 6.42. The van der Waals surface area contributed by atoms with Crippen LogP contribution in [0.3, 0.4) is 0 Å². The summed E-state index contributed by atoms with van der Waals surface area (Å²) in [6.45, 7) is 0.210. The quantitative estimate of drug-likeness (QED) is 0.466. The van der Waals surface area contributed by atoms with Crippen molar-refractivity contribution < 1.29 is 5.11 Å². The zero-order valence-corrected chi connectivity index (χ0v) is 16.3. The first-order valence-electron chi connectivity index (χ1n) is 9.01. The van der Waals surface area contributed by atoms with E-state index in [0.29, 0.717) is 0 Å². The molecule has 134 valence electrons. The molecular weight excluding hydrogens is 386 g/mol. The van der Waals surface area contributed by atoms with E-state index in [9.17, 15) is 5.11 Å². The maximum atomic E-state index is 9.41. The van der Waals surface area contributed by atoms with Crippen molar-refractivity contribution in [2.24, 2.45) is 0 Å². The van der Waals surface area contributed by atoms with Crippen molar-refractivity contribution in [2.45, 2.75) is 24.8 Å². The molecule has 3 aromatic rings. The minimum Gasteiger partial charge on any atom is -0.396 e. The van der Waals surface area contributed by atoms with Crippen molar-refractivity contribution in [3.8, 4) is 0 Å².